The first-order valence-electron chi connectivity index (χ1n) is 6.00. The standard InChI is InChI=1S/C10H15ClN2O.C2H6/c1-7(2)10-9(11)5-12-13(10)8-3-4-14-6-8;1-2/h5,7-8H,3-4,6H2,1-2H3;1-2H3. The van der Waals surface area contributed by atoms with Crippen LogP contribution in [0.4, 0.5) is 0 Å². The monoisotopic (exact) mass is 244 g/mol. The van der Waals surface area contributed by atoms with Crippen molar-refractivity contribution in [2.75, 3.05) is 13.2 Å². The van der Waals surface area contributed by atoms with E-state index in [2.05, 4.69) is 18.9 Å². The van der Waals surface area contributed by atoms with Crippen molar-refractivity contribution in [2.45, 2.75) is 46.1 Å². The van der Waals surface area contributed by atoms with E-state index in [0.29, 0.717) is 12.0 Å². The topological polar surface area (TPSA) is 27.1 Å². The molecule has 0 radical (unpaired) electrons. The molecule has 1 aromatic heterocycles. The lowest BCUT2D eigenvalue weighted by Gasteiger charge is -2.15. The first kappa shape index (κ1) is 13.5. The van der Waals surface area contributed by atoms with E-state index >= 15 is 0 Å². The Hall–Kier alpha value is -0.540. The molecule has 1 fully saturated rings. The molecule has 1 saturated heterocycles. The number of ether oxygens (including phenoxy) is 1. The van der Waals surface area contributed by atoms with Gasteiger partial charge in [0.15, 0.2) is 0 Å². The molecule has 2 rings (SSSR count). The van der Waals surface area contributed by atoms with E-state index in [1.54, 1.807) is 6.20 Å². The normalized spacial score (nSPS) is 19.8. The summed E-state index contributed by atoms with van der Waals surface area (Å²) in [6.45, 7) is 9.86. The van der Waals surface area contributed by atoms with E-state index in [1.807, 2.05) is 18.5 Å². The van der Waals surface area contributed by atoms with E-state index in [9.17, 15) is 0 Å². The zero-order chi connectivity index (χ0) is 12.1. The van der Waals surface area contributed by atoms with Gasteiger partial charge in [0.05, 0.1) is 29.6 Å². The molecule has 1 aliphatic rings. The first-order valence-corrected chi connectivity index (χ1v) is 6.38. The van der Waals surface area contributed by atoms with Crippen molar-refractivity contribution in [3.8, 4) is 0 Å². The van der Waals surface area contributed by atoms with Crippen LogP contribution < -0.4 is 0 Å². The highest BCUT2D eigenvalue weighted by atomic mass is 35.5. The third kappa shape index (κ3) is 2.77. The van der Waals surface area contributed by atoms with Crippen LogP contribution in [-0.2, 0) is 4.74 Å². The summed E-state index contributed by atoms with van der Waals surface area (Å²) in [5.74, 6) is 0.408. The maximum Gasteiger partial charge on any atom is 0.0820 e. The predicted octanol–water partition coefficient (Wildman–Crippen LogP) is 3.65. The van der Waals surface area contributed by atoms with Gasteiger partial charge in [-0.3, -0.25) is 4.68 Å². The van der Waals surface area contributed by atoms with Gasteiger partial charge in [0.1, 0.15) is 0 Å². The van der Waals surface area contributed by atoms with Crippen LogP contribution >= 0.6 is 11.6 Å². The van der Waals surface area contributed by atoms with Crippen LogP contribution in [0.1, 0.15) is 51.8 Å². The molecule has 0 amide bonds. The van der Waals surface area contributed by atoms with Gasteiger partial charge in [0.25, 0.3) is 0 Å². The van der Waals surface area contributed by atoms with Crippen molar-refractivity contribution in [1.82, 2.24) is 9.78 Å². The highest BCUT2D eigenvalue weighted by molar-refractivity contribution is 6.31. The van der Waals surface area contributed by atoms with Crippen molar-refractivity contribution in [3.63, 3.8) is 0 Å². The summed E-state index contributed by atoms with van der Waals surface area (Å²) in [5.41, 5.74) is 1.13. The van der Waals surface area contributed by atoms with Crippen LogP contribution in [0.15, 0.2) is 6.20 Å². The Morgan fingerprint density at radius 3 is 2.69 bits per heavy atom. The number of halogens is 1. The van der Waals surface area contributed by atoms with E-state index in [1.165, 1.54) is 0 Å². The zero-order valence-electron chi connectivity index (χ0n) is 10.5. The second kappa shape index (κ2) is 6.26. The predicted molar refractivity (Wildman–Crippen MR) is 67.1 cm³/mol. The Bertz CT molecular complexity index is 317. The molecule has 4 heteroatoms. The summed E-state index contributed by atoms with van der Waals surface area (Å²) in [4.78, 5) is 0. The largest absolute Gasteiger partial charge is 0.379 e. The maximum absolute atomic E-state index is 6.09. The third-order valence-corrected chi connectivity index (χ3v) is 2.88. The van der Waals surface area contributed by atoms with Gasteiger partial charge in [0.2, 0.25) is 0 Å². The van der Waals surface area contributed by atoms with Crippen molar-refractivity contribution in [2.24, 2.45) is 0 Å². The molecular weight excluding hydrogens is 224 g/mol. The molecule has 0 spiro atoms. The number of rotatable bonds is 2. The van der Waals surface area contributed by atoms with Gasteiger partial charge in [-0.15, -0.1) is 0 Å². The third-order valence-electron chi connectivity index (χ3n) is 2.59. The minimum Gasteiger partial charge on any atom is -0.379 e. The number of hydrogen-bond donors (Lipinski definition) is 0. The summed E-state index contributed by atoms with van der Waals surface area (Å²) in [7, 11) is 0. The average molecular weight is 245 g/mol. The first-order chi connectivity index (χ1) is 7.70. The fourth-order valence-electron chi connectivity index (χ4n) is 1.90. The van der Waals surface area contributed by atoms with Gasteiger partial charge in [-0.1, -0.05) is 39.3 Å². The van der Waals surface area contributed by atoms with Gasteiger partial charge < -0.3 is 4.74 Å². The molecule has 16 heavy (non-hydrogen) atoms. The Labute approximate surface area is 103 Å². The Morgan fingerprint density at radius 2 is 2.19 bits per heavy atom. The van der Waals surface area contributed by atoms with Crippen molar-refractivity contribution in [1.29, 1.82) is 0 Å². The lowest BCUT2D eigenvalue weighted by atomic mass is 10.1. The zero-order valence-corrected chi connectivity index (χ0v) is 11.3. The number of hydrogen-bond acceptors (Lipinski definition) is 2. The fraction of sp³-hybridized carbons (Fsp3) is 0.750. The molecule has 0 N–H and O–H groups in total. The summed E-state index contributed by atoms with van der Waals surface area (Å²) in [6.07, 6.45) is 2.77. The molecule has 0 saturated carbocycles. The summed E-state index contributed by atoms with van der Waals surface area (Å²) in [6, 6.07) is 0.375. The SMILES string of the molecule is CC.CC(C)c1c(Cl)cnn1C1CCOC1. The van der Waals surface area contributed by atoms with Crippen LogP contribution in [0.5, 0.6) is 0 Å². The van der Waals surface area contributed by atoms with Crippen LogP contribution in [0.25, 0.3) is 0 Å². The van der Waals surface area contributed by atoms with Crippen molar-refractivity contribution < 1.29 is 4.74 Å². The van der Waals surface area contributed by atoms with Crippen LogP contribution in [0.3, 0.4) is 0 Å². The van der Waals surface area contributed by atoms with Gasteiger partial charge in [-0.25, -0.2) is 0 Å². The minimum atomic E-state index is 0.375. The lowest BCUT2D eigenvalue weighted by Crippen LogP contribution is -2.14. The van der Waals surface area contributed by atoms with Crippen molar-refractivity contribution in [3.05, 3.63) is 16.9 Å². The molecule has 1 aromatic rings. The Kier molecular flexibility index (Phi) is 5.29. The molecule has 0 bridgehead atoms. The lowest BCUT2D eigenvalue weighted by molar-refractivity contribution is 0.183. The molecule has 1 unspecified atom stereocenters. The van der Waals surface area contributed by atoms with Crippen LogP contribution in [-0.4, -0.2) is 23.0 Å². The van der Waals surface area contributed by atoms with E-state index in [4.69, 9.17) is 16.3 Å². The van der Waals surface area contributed by atoms with E-state index < -0.39 is 0 Å². The van der Waals surface area contributed by atoms with E-state index in [0.717, 1.165) is 30.4 Å². The fourth-order valence-corrected chi connectivity index (χ4v) is 2.25. The maximum atomic E-state index is 6.09. The Morgan fingerprint density at radius 1 is 1.50 bits per heavy atom. The number of nitrogens with zero attached hydrogens (tertiary/aromatic N) is 2. The molecule has 0 aromatic carbocycles. The van der Waals surface area contributed by atoms with Gasteiger partial charge >= 0.3 is 0 Å². The Balaban J connectivity index is 0.000000606. The van der Waals surface area contributed by atoms with Crippen molar-refractivity contribution >= 4 is 11.6 Å². The molecule has 1 aliphatic heterocycles. The second-order valence-corrected chi connectivity index (χ2v) is 4.40. The number of aromatic nitrogens is 2. The molecule has 92 valence electrons. The minimum absolute atomic E-state index is 0.375. The van der Waals surface area contributed by atoms with Gasteiger partial charge in [-0.2, -0.15) is 5.10 Å². The summed E-state index contributed by atoms with van der Waals surface area (Å²) < 4.78 is 7.38. The molecule has 1 atom stereocenters. The van der Waals surface area contributed by atoms with Gasteiger partial charge in [-0.05, 0) is 12.3 Å². The molecule has 3 nitrogen and oxygen atoms in total. The summed E-state index contributed by atoms with van der Waals surface area (Å²) in [5, 5.41) is 5.09. The smallest absolute Gasteiger partial charge is 0.0820 e. The van der Waals surface area contributed by atoms with Crippen LogP contribution in [0.2, 0.25) is 5.02 Å². The highest BCUT2D eigenvalue weighted by Gasteiger charge is 2.23. The molecular formula is C12H21ClN2O. The quantitative estimate of drug-likeness (QED) is 0.794. The van der Waals surface area contributed by atoms with Crippen LogP contribution in [0, 0.1) is 0 Å². The molecule has 0 aliphatic carbocycles. The highest BCUT2D eigenvalue weighted by Crippen LogP contribution is 2.29. The van der Waals surface area contributed by atoms with E-state index in [-0.39, 0.29) is 0 Å². The summed E-state index contributed by atoms with van der Waals surface area (Å²) >= 11 is 6.09. The molecule has 2 heterocycles. The average Bonchev–Trinajstić information content (AvgIpc) is 2.88. The van der Waals surface area contributed by atoms with Gasteiger partial charge in [0, 0.05) is 6.61 Å². The second-order valence-electron chi connectivity index (χ2n) is 3.99.